The second-order valence-corrected chi connectivity index (χ2v) is 16.3. The summed E-state index contributed by atoms with van der Waals surface area (Å²) in [5.74, 6) is -0.0152. The number of ether oxygens (including phenoxy) is 2. The number of carbonyl (C=O) groups excluding carboxylic acids is 3. The number of phosphoric ester groups is 1. The summed E-state index contributed by atoms with van der Waals surface area (Å²) in [5, 5.41) is 18.3. The van der Waals surface area contributed by atoms with Crippen LogP contribution in [0, 0.1) is 5.92 Å². The SMILES string of the molecule is CCCCCC(=O)/C=C/C=C\CCCCCCCC(=O)OC[C@H](COP(=O)(O)OC[C@@H](O)CO)OC(=O)CCCCCCCCCCCCCCC(C)C. The van der Waals surface area contributed by atoms with E-state index < -0.39 is 51.8 Å². The molecule has 0 saturated heterocycles. The van der Waals surface area contributed by atoms with Crippen molar-refractivity contribution in [2.45, 2.75) is 193 Å². The van der Waals surface area contributed by atoms with Gasteiger partial charge in [-0.1, -0.05) is 148 Å². The summed E-state index contributed by atoms with van der Waals surface area (Å²) in [5.41, 5.74) is 0. The monoisotopic (exact) mass is 789 g/mol. The van der Waals surface area contributed by atoms with Crippen molar-refractivity contribution in [3.8, 4) is 0 Å². The van der Waals surface area contributed by atoms with Gasteiger partial charge < -0.3 is 24.6 Å². The molecule has 3 atom stereocenters. The normalized spacial score (nSPS) is 14.1. The van der Waals surface area contributed by atoms with Gasteiger partial charge in [-0.25, -0.2) is 4.57 Å². The van der Waals surface area contributed by atoms with Crippen LogP contribution < -0.4 is 0 Å². The van der Waals surface area contributed by atoms with Crippen molar-refractivity contribution in [2.75, 3.05) is 26.4 Å². The van der Waals surface area contributed by atoms with Crippen molar-refractivity contribution >= 4 is 25.5 Å². The molecule has 0 fully saturated rings. The summed E-state index contributed by atoms with van der Waals surface area (Å²) in [4.78, 5) is 46.7. The van der Waals surface area contributed by atoms with Crippen LogP contribution in [-0.4, -0.2) is 71.5 Å². The molecule has 0 aromatic heterocycles. The van der Waals surface area contributed by atoms with E-state index in [-0.39, 0.29) is 25.2 Å². The average molecular weight is 789 g/mol. The average Bonchev–Trinajstić information content (AvgIpc) is 3.14. The molecular weight excluding hydrogens is 711 g/mol. The third-order valence-corrected chi connectivity index (χ3v) is 9.96. The van der Waals surface area contributed by atoms with E-state index in [1.54, 1.807) is 12.2 Å². The summed E-state index contributed by atoms with van der Waals surface area (Å²) in [6.07, 6.45) is 29.9. The lowest BCUT2D eigenvalue weighted by Gasteiger charge is -2.20. The molecule has 0 heterocycles. The van der Waals surface area contributed by atoms with Gasteiger partial charge in [-0.3, -0.25) is 23.4 Å². The van der Waals surface area contributed by atoms with Crippen molar-refractivity contribution in [3.63, 3.8) is 0 Å². The molecule has 3 N–H and O–H groups in total. The maximum atomic E-state index is 12.6. The van der Waals surface area contributed by atoms with Gasteiger partial charge in [-0.2, -0.15) is 0 Å². The molecule has 11 nitrogen and oxygen atoms in total. The zero-order chi connectivity index (χ0) is 40.1. The highest BCUT2D eigenvalue weighted by Crippen LogP contribution is 2.43. The first-order valence-electron chi connectivity index (χ1n) is 21.1. The van der Waals surface area contributed by atoms with Crippen LogP contribution in [0.25, 0.3) is 0 Å². The Morgan fingerprint density at radius 1 is 0.648 bits per heavy atom. The number of ketones is 1. The van der Waals surface area contributed by atoms with E-state index in [1.807, 2.05) is 6.08 Å². The Bertz CT molecular complexity index is 1030. The molecule has 0 aliphatic rings. The van der Waals surface area contributed by atoms with Crippen molar-refractivity contribution in [3.05, 3.63) is 24.3 Å². The van der Waals surface area contributed by atoms with Crippen LogP contribution in [0.2, 0.25) is 0 Å². The molecule has 0 aromatic rings. The lowest BCUT2D eigenvalue weighted by atomic mass is 10.0. The third-order valence-electron chi connectivity index (χ3n) is 9.01. The third kappa shape index (κ3) is 37.1. The topological polar surface area (TPSA) is 166 Å². The molecule has 0 aromatic carbocycles. The first-order valence-corrected chi connectivity index (χ1v) is 22.6. The summed E-state index contributed by atoms with van der Waals surface area (Å²) < 4.78 is 32.6. The van der Waals surface area contributed by atoms with Gasteiger partial charge in [0.15, 0.2) is 11.9 Å². The van der Waals surface area contributed by atoms with E-state index in [9.17, 15) is 28.9 Å². The number of esters is 2. The Balaban J connectivity index is 4.37. The molecule has 0 bridgehead atoms. The summed E-state index contributed by atoms with van der Waals surface area (Å²) in [7, 11) is -4.63. The lowest BCUT2D eigenvalue weighted by molar-refractivity contribution is -0.161. The van der Waals surface area contributed by atoms with Gasteiger partial charge in [0.1, 0.15) is 12.7 Å². The number of rotatable bonds is 39. The molecular formula is C42H77O11P. The maximum Gasteiger partial charge on any atom is 0.472 e. The molecule has 0 amide bonds. The lowest BCUT2D eigenvalue weighted by Crippen LogP contribution is -2.29. The van der Waals surface area contributed by atoms with Crippen LogP contribution in [0.15, 0.2) is 24.3 Å². The van der Waals surface area contributed by atoms with Gasteiger partial charge in [-0.05, 0) is 44.1 Å². The minimum Gasteiger partial charge on any atom is -0.462 e. The van der Waals surface area contributed by atoms with Crippen LogP contribution in [0.3, 0.4) is 0 Å². The molecule has 316 valence electrons. The number of unbranched alkanes of at least 4 members (excludes halogenated alkanes) is 18. The molecule has 0 aliphatic carbocycles. The van der Waals surface area contributed by atoms with E-state index in [0.717, 1.165) is 76.5 Å². The second-order valence-electron chi connectivity index (χ2n) is 14.9. The Kier molecular flexibility index (Phi) is 35.5. The molecule has 0 rings (SSSR count). The standard InChI is InChI=1S/C42H77O11P/c1-4-5-23-29-38(44)30-25-20-16-12-10-14-17-21-26-31-41(46)50-35-40(36-52-54(48,49)51-34-39(45)33-43)53-42(47)32-27-22-18-13-9-7-6-8-11-15-19-24-28-37(2)3/h16,20,25,30,37,39-40,43,45H,4-15,17-19,21-24,26-29,31-36H2,1-3H3,(H,48,49)/b20-16-,30-25+/t39-,40+/m0/s1. The van der Waals surface area contributed by atoms with Gasteiger partial charge in [0.2, 0.25) is 0 Å². The fourth-order valence-electron chi connectivity index (χ4n) is 5.69. The number of aliphatic hydroxyl groups is 2. The fraction of sp³-hybridized carbons (Fsp3) is 0.833. The number of carbonyl (C=O) groups is 3. The van der Waals surface area contributed by atoms with Crippen molar-refractivity contribution in [1.82, 2.24) is 0 Å². The summed E-state index contributed by atoms with van der Waals surface area (Å²) in [6, 6.07) is 0. The number of hydrogen-bond donors (Lipinski definition) is 3. The van der Waals surface area contributed by atoms with Gasteiger partial charge in [0.05, 0.1) is 19.8 Å². The van der Waals surface area contributed by atoms with Crippen LogP contribution in [0.4, 0.5) is 0 Å². The number of aliphatic hydroxyl groups excluding tert-OH is 2. The van der Waals surface area contributed by atoms with Crippen molar-refractivity contribution in [2.24, 2.45) is 5.92 Å². The second kappa shape index (κ2) is 36.7. The fourth-order valence-corrected chi connectivity index (χ4v) is 6.48. The molecule has 0 aliphatic heterocycles. The number of hydrogen-bond acceptors (Lipinski definition) is 10. The molecule has 12 heteroatoms. The molecule has 0 radical (unpaired) electrons. The van der Waals surface area contributed by atoms with Crippen LogP contribution in [-0.2, 0) is 37.5 Å². The quantitative estimate of drug-likeness (QED) is 0.0178. The largest absolute Gasteiger partial charge is 0.472 e. The predicted molar refractivity (Wildman–Crippen MR) is 215 cm³/mol. The van der Waals surface area contributed by atoms with E-state index in [1.165, 1.54) is 57.8 Å². The zero-order valence-electron chi connectivity index (χ0n) is 34.1. The smallest absolute Gasteiger partial charge is 0.462 e. The highest BCUT2D eigenvalue weighted by molar-refractivity contribution is 7.47. The molecule has 0 spiro atoms. The summed E-state index contributed by atoms with van der Waals surface area (Å²) >= 11 is 0. The summed E-state index contributed by atoms with van der Waals surface area (Å²) in [6.45, 7) is 4.50. The van der Waals surface area contributed by atoms with Crippen LogP contribution in [0.1, 0.15) is 181 Å². The van der Waals surface area contributed by atoms with E-state index in [2.05, 4.69) is 31.4 Å². The minimum atomic E-state index is -4.63. The molecule has 0 saturated carbocycles. The predicted octanol–water partition coefficient (Wildman–Crippen LogP) is 10.0. The van der Waals surface area contributed by atoms with Crippen LogP contribution >= 0.6 is 7.82 Å². The highest BCUT2D eigenvalue weighted by atomic mass is 31.2. The Morgan fingerprint density at radius 2 is 1.17 bits per heavy atom. The number of allylic oxidation sites excluding steroid dienone is 4. The first-order chi connectivity index (χ1) is 26.0. The van der Waals surface area contributed by atoms with Gasteiger partial charge in [0, 0.05) is 19.3 Å². The zero-order valence-corrected chi connectivity index (χ0v) is 35.0. The van der Waals surface area contributed by atoms with E-state index >= 15 is 0 Å². The molecule has 1 unspecified atom stereocenters. The minimum absolute atomic E-state index is 0.166. The first kappa shape index (κ1) is 52.1. The Hall–Kier alpha value is -1.88. The van der Waals surface area contributed by atoms with Crippen molar-refractivity contribution < 1.29 is 52.6 Å². The van der Waals surface area contributed by atoms with E-state index in [0.29, 0.717) is 19.3 Å². The highest BCUT2D eigenvalue weighted by Gasteiger charge is 2.27. The number of phosphoric acid groups is 1. The van der Waals surface area contributed by atoms with Gasteiger partial charge in [0.25, 0.3) is 0 Å². The van der Waals surface area contributed by atoms with Crippen molar-refractivity contribution in [1.29, 1.82) is 0 Å². The van der Waals surface area contributed by atoms with Crippen LogP contribution in [0.5, 0.6) is 0 Å². The molecule has 54 heavy (non-hydrogen) atoms. The van der Waals surface area contributed by atoms with Gasteiger partial charge >= 0.3 is 19.8 Å². The van der Waals surface area contributed by atoms with E-state index in [4.69, 9.17) is 19.1 Å². The maximum absolute atomic E-state index is 12.6. The Morgan fingerprint density at radius 3 is 1.74 bits per heavy atom. The Labute approximate surface area is 327 Å². The van der Waals surface area contributed by atoms with Gasteiger partial charge in [-0.15, -0.1) is 0 Å².